The van der Waals surface area contributed by atoms with Gasteiger partial charge in [0, 0.05) is 5.39 Å². The second-order valence-corrected chi connectivity index (χ2v) is 11.1. The third-order valence-corrected chi connectivity index (χ3v) is 7.88. The van der Waals surface area contributed by atoms with Crippen molar-refractivity contribution in [1.82, 2.24) is 14.8 Å². The van der Waals surface area contributed by atoms with Crippen LogP contribution in [0.25, 0.3) is 16.5 Å². The number of nitrogens with two attached hydrogens (primary N) is 1. The van der Waals surface area contributed by atoms with Gasteiger partial charge in [-0.15, -0.1) is 10.2 Å². The molecule has 8 nitrogen and oxygen atoms in total. The summed E-state index contributed by atoms with van der Waals surface area (Å²) in [4.78, 5) is 12.5. The van der Waals surface area contributed by atoms with E-state index in [4.69, 9.17) is 24.6 Å². The van der Waals surface area contributed by atoms with Crippen molar-refractivity contribution in [2.45, 2.75) is 28.8 Å². The number of carbonyl (C=O) groups is 1. The first-order valence-corrected chi connectivity index (χ1v) is 13.6. The Balaban J connectivity index is 1.37. The van der Waals surface area contributed by atoms with Gasteiger partial charge in [-0.2, -0.15) is 0 Å². The summed E-state index contributed by atoms with van der Waals surface area (Å²) in [5, 5.41) is 18.7. The highest BCUT2D eigenvalue weighted by Crippen LogP contribution is 2.44. The van der Waals surface area contributed by atoms with Crippen molar-refractivity contribution >= 4 is 69.3 Å². The average Bonchev–Trinajstić information content (AvgIpc) is 3.60. The number of nitrogens with one attached hydrogen (secondary N) is 1. The molecule has 0 aliphatic heterocycles. The molecule has 2 radical (unpaired) electrons. The molecule has 1 heterocycles. The van der Waals surface area contributed by atoms with Crippen molar-refractivity contribution in [3.05, 3.63) is 65.2 Å². The number of hydrogen-bond acceptors (Lipinski definition) is 6. The second kappa shape index (κ2) is 9.31. The molecule has 176 valence electrons. The fraction of sp³-hybridized carbons (Fsp3) is 0.174. The van der Waals surface area contributed by atoms with E-state index in [0.29, 0.717) is 11.1 Å². The van der Waals surface area contributed by atoms with Crippen LogP contribution >= 0.6 is 23.4 Å². The normalized spacial score (nSPS) is 13.8. The number of aromatic nitrogens is 3. The number of anilines is 1. The molecule has 0 bridgehead atoms. The molecular weight excluding hydrogens is 505 g/mol. The zero-order valence-corrected chi connectivity index (χ0v) is 20.7. The quantitative estimate of drug-likeness (QED) is 0.284. The molecular formula is C23H19BClN5O3S2. The van der Waals surface area contributed by atoms with E-state index in [2.05, 4.69) is 27.6 Å². The second-order valence-electron chi connectivity index (χ2n) is 8.19. The maximum absolute atomic E-state index is 12.6. The molecule has 1 saturated carbocycles. The summed E-state index contributed by atoms with van der Waals surface area (Å²) in [7, 11) is 2.28. The minimum Gasteiger partial charge on any atom is -0.324 e. The van der Waals surface area contributed by atoms with Crippen molar-refractivity contribution in [3.8, 4) is 5.69 Å². The first kappa shape index (κ1) is 23.9. The van der Waals surface area contributed by atoms with Crippen LogP contribution in [0, 0.1) is 0 Å². The highest BCUT2D eigenvalue weighted by Gasteiger charge is 2.26. The molecule has 3 N–H and O–H groups in total. The van der Waals surface area contributed by atoms with Gasteiger partial charge in [-0.1, -0.05) is 53.7 Å². The summed E-state index contributed by atoms with van der Waals surface area (Å²) < 4.78 is 24.7. The van der Waals surface area contributed by atoms with Gasteiger partial charge in [0.15, 0.2) is 13.0 Å². The van der Waals surface area contributed by atoms with Crippen LogP contribution in [0.15, 0.2) is 64.6 Å². The van der Waals surface area contributed by atoms with E-state index in [1.54, 1.807) is 4.57 Å². The van der Waals surface area contributed by atoms with E-state index in [1.807, 2.05) is 24.3 Å². The van der Waals surface area contributed by atoms with Crippen molar-refractivity contribution in [2.75, 3.05) is 11.1 Å². The van der Waals surface area contributed by atoms with Gasteiger partial charge in [-0.25, -0.2) is 13.6 Å². The molecule has 4 aromatic rings. The van der Waals surface area contributed by atoms with Crippen molar-refractivity contribution in [3.63, 3.8) is 0 Å². The summed E-state index contributed by atoms with van der Waals surface area (Å²) in [6.45, 7) is 0. The molecule has 0 atom stereocenters. The predicted octanol–water partition coefficient (Wildman–Crippen LogP) is 3.12. The van der Waals surface area contributed by atoms with E-state index in [1.165, 1.54) is 53.8 Å². The molecule has 12 heteroatoms. The van der Waals surface area contributed by atoms with Crippen molar-refractivity contribution in [1.29, 1.82) is 0 Å². The number of benzene rings is 3. The molecule has 35 heavy (non-hydrogen) atoms. The predicted molar refractivity (Wildman–Crippen MR) is 138 cm³/mol. The fourth-order valence-corrected chi connectivity index (χ4v) is 5.53. The lowest BCUT2D eigenvalue weighted by molar-refractivity contribution is -0.113. The molecule has 3 aromatic carbocycles. The summed E-state index contributed by atoms with van der Waals surface area (Å²) in [5.41, 5.74) is 2.66. The SMILES string of the molecule is [B]c1nnc(SCC(=O)Nc2ccc(S(N)(=O)=O)cc2Cl)n1-c1ccc(C2CC2)c2ccccc12. The Bertz CT molecular complexity index is 1570. The van der Waals surface area contributed by atoms with Crippen molar-refractivity contribution in [2.24, 2.45) is 5.14 Å². The minimum absolute atomic E-state index is 0.00346. The Hall–Kier alpha value is -2.86. The molecule has 0 spiro atoms. The fourth-order valence-electron chi connectivity index (χ4n) is 3.94. The van der Waals surface area contributed by atoms with Gasteiger partial charge in [0.2, 0.25) is 15.9 Å². The molecule has 1 aliphatic rings. The number of hydrogen-bond donors (Lipinski definition) is 2. The third-order valence-electron chi connectivity index (χ3n) is 5.73. The lowest BCUT2D eigenvalue weighted by Gasteiger charge is -2.14. The largest absolute Gasteiger partial charge is 0.324 e. The van der Waals surface area contributed by atoms with E-state index >= 15 is 0 Å². The number of amides is 1. The minimum atomic E-state index is -3.90. The Labute approximate surface area is 212 Å². The molecule has 0 unspecified atom stereocenters. The van der Waals surface area contributed by atoms with Crippen LogP contribution in [0.4, 0.5) is 5.69 Å². The smallest absolute Gasteiger partial charge is 0.238 e. The molecule has 5 rings (SSSR count). The lowest BCUT2D eigenvalue weighted by Crippen LogP contribution is -2.19. The third kappa shape index (κ3) is 4.94. The number of nitrogens with zero attached hydrogens (tertiary/aromatic N) is 3. The number of thioether (sulfide) groups is 1. The van der Waals surface area contributed by atoms with Gasteiger partial charge in [0.25, 0.3) is 0 Å². The molecule has 0 saturated heterocycles. The van der Waals surface area contributed by atoms with Crippen LogP contribution in [0.3, 0.4) is 0 Å². The van der Waals surface area contributed by atoms with E-state index in [-0.39, 0.29) is 33.0 Å². The van der Waals surface area contributed by atoms with Gasteiger partial charge in [0.05, 0.1) is 32.8 Å². The van der Waals surface area contributed by atoms with Crippen LogP contribution in [0.2, 0.25) is 5.02 Å². The molecule has 1 aromatic heterocycles. The van der Waals surface area contributed by atoms with Crippen LogP contribution in [0.5, 0.6) is 0 Å². The van der Waals surface area contributed by atoms with Crippen LogP contribution in [-0.4, -0.2) is 42.7 Å². The summed E-state index contributed by atoms with van der Waals surface area (Å²) >= 11 is 7.29. The topological polar surface area (TPSA) is 120 Å². The Morgan fingerprint density at radius 3 is 2.57 bits per heavy atom. The van der Waals surface area contributed by atoms with E-state index in [9.17, 15) is 13.2 Å². The summed E-state index contributed by atoms with van der Waals surface area (Å²) in [5.74, 6) is 0.238. The zero-order chi connectivity index (χ0) is 24.7. The number of carbonyl (C=O) groups excluding carboxylic acids is 1. The summed E-state index contributed by atoms with van der Waals surface area (Å²) in [6, 6.07) is 16.2. The highest BCUT2D eigenvalue weighted by molar-refractivity contribution is 7.99. The van der Waals surface area contributed by atoms with E-state index in [0.717, 1.165) is 11.1 Å². The number of fused-ring (bicyclic) bond motifs is 1. The zero-order valence-electron chi connectivity index (χ0n) is 18.3. The van der Waals surface area contributed by atoms with Gasteiger partial charge in [0.1, 0.15) is 0 Å². The summed E-state index contributed by atoms with van der Waals surface area (Å²) in [6.07, 6.45) is 2.40. The molecule has 1 amide bonds. The molecule has 1 fully saturated rings. The standard InChI is InChI=1S/C23H19BClN5O3S2/c24-22-28-29-23(34-12-21(31)27-19-9-7-14(11-18(19)25)35(26,32)33)30(22)20-10-8-15(13-5-6-13)16-3-1-2-4-17(16)20/h1-4,7-11,13H,5-6,12H2,(H,27,31)(H2,26,32,33). The monoisotopic (exact) mass is 523 g/mol. The number of primary sulfonamides is 1. The van der Waals surface area contributed by atoms with Crippen molar-refractivity contribution < 1.29 is 13.2 Å². The van der Waals surface area contributed by atoms with Crippen LogP contribution < -0.4 is 16.2 Å². The maximum atomic E-state index is 12.6. The Kier molecular flexibility index (Phi) is 6.35. The first-order chi connectivity index (χ1) is 16.7. The lowest BCUT2D eigenvalue weighted by atomic mass is 9.99. The first-order valence-electron chi connectivity index (χ1n) is 10.7. The van der Waals surface area contributed by atoms with Crippen LogP contribution in [-0.2, 0) is 14.8 Å². The van der Waals surface area contributed by atoms with Gasteiger partial charge in [-0.05, 0) is 54.0 Å². The van der Waals surface area contributed by atoms with Gasteiger partial charge in [-0.3, -0.25) is 9.36 Å². The number of rotatable bonds is 7. The number of sulfonamides is 1. The van der Waals surface area contributed by atoms with Crippen LogP contribution in [0.1, 0.15) is 24.3 Å². The highest BCUT2D eigenvalue weighted by atomic mass is 35.5. The van der Waals surface area contributed by atoms with Gasteiger partial charge < -0.3 is 5.32 Å². The van der Waals surface area contributed by atoms with E-state index < -0.39 is 10.0 Å². The number of halogens is 1. The average molecular weight is 524 g/mol. The maximum Gasteiger partial charge on any atom is 0.238 e. The Morgan fingerprint density at radius 2 is 1.89 bits per heavy atom. The van der Waals surface area contributed by atoms with Gasteiger partial charge >= 0.3 is 0 Å². The molecule has 1 aliphatic carbocycles. The Morgan fingerprint density at radius 1 is 1.14 bits per heavy atom.